The number of benzene rings is 1. The maximum Gasteiger partial charge on any atom is 0.311 e. The van der Waals surface area contributed by atoms with E-state index in [0.717, 1.165) is 6.42 Å². The van der Waals surface area contributed by atoms with E-state index in [-0.39, 0.29) is 27.6 Å². The van der Waals surface area contributed by atoms with E-state index in [1.54, 1.807) is 0 Å². The number of carbonyl (C=O) groups is 1. The van der Waals surface area contributed by atoms with Crippen LogP contribution in [-0.4, -0.2) is 5.97 Å². The van der Waals surface area contributed by atoms with E-state index in [4.69, 9.17) is 4.74 Å². The number of rotatable bonds is 4. The highest BCUT2D eigenvalue weighted by molar-refractivity contribution is 5.72. The van der Waals surface area contributed by atoms with Gasteiger partial charge >= 0.3 is 5.97 Å². The minimum absolute atomic E-state index is 0.0112. The topological polar surface area (TPSA) is 26.3 Å². The quantitative estimate of drug-likeness (QED) is 0.465. The highest BCUT2D eigenvalue weighted by Gasteiger charge is 2.56. The molecule has 0 aliphatic heterocycles. The van der Waals surface area contributed by atoms with E-state index in [1.165, 1.54) is 0 Å². The first-order valence-corrected chi connectivity index (χ1v) is 8.98. The fourth-order valence-corrected chi connectivity index (χ4v) is 5.46. The van der Waals surface area contributed by atoms with Crippen molar-refractivity contribution in [2.24, 2.45) is 21.7 Å². The Labute approximate surface area is 149 Å². The van der Waals surface area contributed by atoms with Crippen molar-refractivity contribution in [1.29, 1.82) is 0 Å². The fraction of sp³-hybridized carbons (Fsp3) is 0.682. The summed E-state index contributed by atoms with van der Waals surface area (Å²) in [5, 5.41) is 0. The molecule has 0 atom stereocenters. The Hall–Kier alpha value is -1.31. The summed E-state index contributed by atoms with van der Waals surface area (Å²) in [6, 6.07) is 9.32. The Morgan fingerprint density at radius 2 is 1.21 bits per heavy atom. The molecule has 0 radical (unpaired) electrons. The monoisotopic (exact) mass is 332 g/mol. The summed E-state index contributed by atoms with van der Waals surface area (Å²) >= 11 is 0. The molecule has 1 aromatic carbocycles. The zero-order valence-electron chi connectivity index (χ0n) is 17.1. The molecule has 0 aromatic heterocycles. The molecular weight excluding hydrogens is 296 g/mol. The summed E-state index contributed by atoms with van der Waals surface area (Å²) < 4.78 is 5.51. The van der Waals surface area contributed by atoms with Crippen LogP contribution < -0.4 is 4.74 Å². The molecule has 0 N–H and O–H groups in total. The first-order chi connectivity index (χ1) is 10.7. The van der Waals surface area contributed by atoms with Crippen LogP contribution >= 0.6 is 0 Å². The lowest BCUT2D eigenvalue weighted by molar-refractivity contribution is -0.146. The molecule has 0 spiro atoms. The highest BCUT2D eigenvalue weighted by Crippen LogP contribution is 2.63. The molecule has 0 aliphatic rings. The lowest BCUT2D eigenvalue weighted by Crippen LogP contribution is -2.55. The molecule has 0 heterocycles. The Balaban J connectivity index is 3.04. The smallest absolute Gasteiger partial charge is 0.311 e. The third-order valence-electron chi connectivity index (χ3n) is 5.52. The molecule has 2 heteroatoms. The Bertz CT molecular complexity index is 500. The van der Waals surface area contributed by atoms with E-state index in [0.29, 0.717) is 12.2 Å². The van der Waals surface area contributed by atoms with Gasteiger partial charge < -0.3 is 4.74 Å². The molecule has 1 aromatic rings. The van der Waals surface area contributed by atoms with Crippen molar-refractivity contribution in [1.82, 2.24) is 0 Å². The third kappa shape index (κ3) is 4.20. The van der Waals surface area contributed by atoms with Crippen LogP contribution in [0, 0.1) is 21.7 Å². The van der Waals surface area contributed by atoms with Crippen LogP contribution in [0.1, 0.15) is 75.2 Å². The Morgan fingerprint density at radius 3 is 1.58 bits per heavy atom. The Kier molecular flexibility index (Phi) is 5.96. The number of esters is 1. The summed E-state index contributed by atoms with van der Waals surface area (Å²) in [5.41, 5.74) is 0.187. The molecule has 0 bridgehead atoms. The second kappa shape index (κ2) is 6.90. The zero-order chi connectivity index (χ0) is 18.8. The lowest BCUT2D eigenvalue weighted by atomic mass is 9.43. The van der Waals surface area contributed by atoms with Gasteiger partial charge in [0, 0.05) is 6.42 Å². The van der Waals surface area contributed by atoms with Crippen LogP contribution in [0.4, 0.5) is 0 Å². The summed E-state index contributed by atoms with van der Waals surface area (Å²) in [6.07, 6.45) is 1.25. The molecule has 0 aliphatic carbocycles. The van der Waals surface area contributed by atoms with Gasteiger partial charge in [0.05, 0.1) is 0 Å². The van der Waals surface area contributed by atoms with Crippen LogP contribution in [0.15, 0.2) is 30.3 Å². The maximum absolute atomic E-state index is 12.4. The van der Waals surface area contributed by atoms with Crippen molar-refractivity contribution >= 4 is 5.97 Å². The van der Waals surface area contributed by atoms with Crippen LogP contribution in [0.3, 0.4) is 0 Å². The molecule has 0 amide bonds. The van der Waals surface area contributed by atoms with Gasteiger partial charge in [0.15, 0.2) is 0 Å². The average Bonchev–Trinajstić information content (AvgIpc) is 2.35. The second-order valence-electron chi connectivity index (χ2n) is 9.94. The number of para-hydroxylation sites is 1. The number of carbonyl (C=O) groups excluding carboxylic acids is 1. The summed E-state index contributed by atoms with van der Waals surface area (Å²) in [7, 11) is 0. The first-order valence-electron chi connectivity index (χ1n) is 8.98. The SMILES string of the molecule is CC(C)(C)C(CCC(=O)Oc1ccccc1)(C(C)(C)C)C(C)(C)C. The van der Waals surface area contributed by atoms with E-state index in [2.05, 4.69) is 62.3 Å². The van der Waals surface area contributed by atoms with Gasteiger partial charge in [-0.15, -0.1) is 0 Å². The second-order valence-corrected chi connectivity index (χ2v) is 9.94. The van der Waals surface area contributed by atoms with E-state index in [1.807, 2.05) is 30.3 Å². The van der Waals surface area contributed by atoms with Crippen LogP contribution in [0.5, 0.6) is 5.75 Å². The molecule has 0 unspecified atom stereocenters. The van der Waals surface area contributed by atoms with E-state index < -0.39 is 0 Å². The predicted molar refractivity (Wildman–Crippen MR) is 102 cm³/mol. The van der Waals surface area contributed by atoms with Gasteiger partial charge in [0.25, 0.3) is 0 Å². The van der Waals surface area contributed by atoms with Crippen LogP contribution in [-0.2, 0) is 4.79 Å². The summed E-state index contributed by atoms with van der Waals surface area (Å²) in [4.78, 5) is 12.4. The minimum Gasteiger partial charge on any atom is -0.427 e. The molecule has 0 saturated carbocycles. The Morgan fingerprint density at radius 1 is 0.792 bits per heavy atom. The lowest BCUT2D eigenvalue weighted by Gasteiger charge is -2.61. The summed E-state index contributed by atoms with van der Waals surface area (Å²) in [5.74, 6) is 0.471. The molecular formula is C22H36O2. The van der Waals surface area contributed by atoms with Crippen molar-refractivity contribution in [2.45, 2.75) is 75.2 Å². The predicted octanol–water partition coefficient (Wildman–Crippen LogP) is 6.50. The number of hydrogen-bond acceptors (Lipinski definition) is 2. The van der Waals surface area contributed by atoms with Gasteiger partial charge in [0.1, 0.15) is 5.75 Å². The molecule has 1 rings (SSSR count). The van der Waals surface area contributed by atoms with Crippen LogP contribution in [0.2, 0.25) is 0 Å². The van der Waals surface area contributed by atoms with Crippen molar-refractivity contribution in [3.05, 3.63) is 30.3 Å². The number of ether oxygens (including phenoxy) is 1. The standard InChI is InChI=1S/C22H36O2/c1-19(2,3)22(20(4,5)6,21(7,8)9)16-15-18(23)24-17-13-11-10-12-14-17/h10-14H,15-16H2,1-9H3. The van der Waals surface area contributed by atoms with Crippen molar-refractivity contribution < 1.29 is 9.53 Å². The van der Waals surface area contributed by atoms with Gasteiger partial charge in [-0.1, -0.05) is 80.5 Å². The highest BCUT2D eigenvalue weighted by atomic mass is 16.5. The molecule has 2 nitrogen and oxygen atoms in total. The molecule has 136 valence electrons. The van der Waals surface area contributed by atoms with Crippen LogP contribution in [0.25, 0.3) is 0 Å². The van der Waals surface area contributed by atoms with Crippen molar-refractivity contribution in [2.75, 3.05) is 0 Å². The first kappa shape index (κ1) is 20.7. The van der Waals surface area contributed by atoms with Gasteiger partial charge in [-0.2, -0.15) is 0 Å². The molecule has 24 heavy (non-hydrogen) atoms. The minimum atomic E-state index is -0.150. The van der Waals surface area contributed by atoms with E-state index in [9.17, 15) is 4.79 Å². The third-order valence-corrected chi connectivity index (χ3v) is 5.52. The largest absolute Gasteiger partial charge is 0.427 e. The van der Waals surface area contributed by atoms with Gasteiger partial charge in [0.2, 0.25) is 0 Å². The van der Waals surface area contributed by atoms with Crippen molar-refractivity contribution in [3.63, 3.8) is 0 Å². The molecule has 0 saturated heterocycles. The zero-order valence-corrected chi connectivity index (χ0v) is 17.1. The summed E-state index contributed by atoms with van der Waals surface area (Å²) in [6.45, 7) is 20.7. The van der Waals surface area contributed by atoms with Gasteiger partial charge in [-0.25, -0.2) is 0 Å². The van der Waals surface area contributed by atoms with E-state index >= 15 is 0 Å². The molecule has 0 fully saturated rings. The fourth-order valence-electron chi connectivity index (χ4n) is 5.46. The van der Waals surface area contributed by atoms with Crippen molar-refractivity contribution in [3.8, 4) is 5.75 Å². The maximum atomic E-state index is 12.4. The van der Waals surface area contributed by atoms with Gasteiger partial charge in [-0.3, -0.25) is 4.79 Å². The van der Waals surface area contributed by atoms with Gasteiger partial charge in [-0.05, 0) is 40.2 Å². The normalized spacial score (nSPS) is 13.7. The average molecular weight is 333 g/mol. The number of hydrogen-bond donors (Lipinski definition) is 0.